The number of furan rings is 1. The normalized spacial score (nSPS) is 16.1. The number of carbonyl (C=O) groups excluding carboxylic acids is 1. The minimum atomic E-state index is -0.263. The van der Waals surface area contributed by atoms with Crippen molar-refractivity contribution in [3.63, 3.8) is 0 Å². The molecule has 1 saturated heterocycles. The van der Waals surface area contributed by atoms with Gasteiger partial charge in [0.15, 0.2) is 0 Å². The largest absolute Gasteiger partial charge is 0.464 e. The van der Waals surface area contributed by atoms with Crippen LogP contribution in [-0.2, 0) is 16.0 Å². The molecule has 1 aliphatic heterocycles. The first-order valence-electron chi connectivity index (χ1n) is 9.91. The number of halogens is 1. The van der Waals surface area contributed by atoms with E-state index in [1.165, 1.54) is 12.1 Å². The molecule has 2 aromatic carbocycles. The summed E-state index contributed by atoms with van der Waals surface area (Å²) in [6.07, 6.45) is 1.92. The van der Waals surface area contributed by atoms with Crippen molar-refractivity contribution >= 4 is 16.9 Å². The summed E-state index contributed by atoms with van der Waals surface area (Å²) in [6.45, 7) is 5.35. The van der Waals surface area contributed by atoms with Gasteiger partial charge in [-0.1, -0.05) is 24.3 Å². The number of ether oxygens (including phenoxy) is 1. The van der Waals surface area contributed by atoms with Gasteiger partial charge in [-0.3, -0.25) is 9.69 Å². The van der Waals surface area contributed by atoms with E-state index in [9.17, 15) is 9.18 Å². The number of nitrogens with zero attached hydrogens (tertiary/aromatic N) is 1. The molecule has 6 heteroatoms. The summed E-state index contributed by atoms with van der Waals surface area (Å²) in [6, 6.07) is 12.5. The predicted octanol–water partition coefficient (Wildman–Crippen LogP) is 3.61. The Balaban J connectivity index is 1.44. The van der Waals surface area contributed by atoms with E-state index in [1.807, 2.05) is 25.1 Å². The molecule has 0 aliphatic carbocycles. The number of fused-ring (bicyclic) bond motifs is 1. The van der Waals surface area contributed by atoms with Crippen molar-refractivity contribution in [2.45, 2.75) is 19.4 Å². The van der Waals surface area contributed by atoms with Crippen LogP contribution in [0, 0.1) is 12.7 Å². The van der Waals surface area contributed by atoms with E-state index in [4.69, 9.17) is 9.15 Å². The highest BCUT2D eigenvalue weighted by Crippen LogP contribution is 2.24. The summed E-state index contributed by atoms with van der Waals surface area (Å²) in [5.41, 5.74) is 3.78. The molecule has 0 radical (unpaired) electrons. The first-order chi connectivity index (χ1) is 14.1. The molecule has 29 heavy (non-hydrogen) atoms. The van der Waals surface area contributed by atoms with Crippen molar-refractivity contribution in [1.82, 2.24) is 10.2 Å². The lowest BCUT2D eigenvalue weighted by molar-refractivity contribution is -0.120. The monoisotopic (exact) mass is 396 g/mol. The highest BCUT2D eigenvalue weighted by molar-refractivity contribution is 5.87. The third kappa shape index (κ3) is 4.66. The average Bonchev–Trinajstić information content (AvgIpc) is 3.12. The van der Waals surface area contributed by atoms with E-state index in [0.717, 1.165) is 40.7 Å². The van der Waals surface area contributed by atoms with E-state index in [1.54, 1.807) is 18.4 Å². The van der Waals surface area contributed by atoms with Crippen LogP contribution in [0.2, 0.25) is 0 Å². The smallest absolute Gasteiger partial charge is 0.224 e. The Labute approximate surface area is 169 Å². The Morgan fingerprint density at radius 1 is 1.17 bits per heavy atom. The molecule has 1 aliphatic rings. The molecule has 1 amide bonds. The highest BCUT2D eigenvalue weighted by Gasteiger charge is 2.23. The molecule has 5 nitrogen and oxygen atoms in total. The van der Waals surface area contributed by atoms with Gasteiger partial charge in [0, 0.05) is 30.6 Å². The number of amides is 1. The van der Waals surface area contributed by atoms with Gasteiger partial charge in [-0.2, -0.15) is 0 Å². The van der Waals surface area contributed by atoms with Crippen molar-refractivity contribution in [2.75, 3.05) is 32.8 Å². The summed E-state index contributed by atoms with van der Waals surface area (Å²) in [4.78, 5) is 14.9. The number of carbonyl (C=O) groups is 1. The molecule has 0 bridgehead atoms. The summed E-state index contributed by atoms with van der Waals surface area (Å²) in [5.74, 6) is -0.325. The summed E-state index contributed by atoms with van der Waals surface area (Å²) >= 11 is 0. The molecule has 2 heterocycles. The van der Waals surface area contributed by atoms with Crippen molar-refractivity contribution < 1.29 is 18.3 Å². The Bertz CT molecular complexity index is 977. The fraction of sp³-hybridized carbons (Fsp3) is 0.348. The molecule has 1 atom stereocenters. The van der Waals surface area contributed by atoms with Crippen LogP contribution < -0.4 is 5.32 Å². The Morgan fingerprint density at radius 3 is 2.69 bits per heavy atom. The number of hydrogen-bond donors (Lipinski definition) is 1. The second-order valence-electron chi connectivity index (χ2n) is 7.46. The van der Waals surface area contributed by atoms with Gasteiger partial charge in [0.25, 0.3) is 0 Å². The summed E-state index contributed by atoms with van der Waals surface area (Å²) < 4.78 is 24.4. The van der Waals surface area contributed by atoms with Crippen LogP contribution >= 0.6 is 0 Å². The first-order valence-corrected chi connectivity index (χ1v) is 9.91. The van der Waals surface area contributed by atoms with E-state index in [0.29, 0.717) is 19.8 Å². The van der Waals surface area contributed by atoms with E-state index >= 15 is 0 Å². The summed E-state index contributed by atoms with van der Waals surface area (Å²) in [7, 11) is 0. The maximum atomic E-state index is 13.4. The minimum Gasteiger partial charge on any atom is -0.464 e. The van der Waals surface area contributed by atoms with Crippen molar-refractivity contribution in [2.24, 2.45) is 0 Å². The van der Waals surface area contributed by atoms with Gasteiger partial charge in [-0.05, 0) is 36.2 Å². The van der Waals surface area contributed by atoms with Crippen LogP contribution in [0.1, 0.15) is 22.7 Å². The van der Waals surface area contributed by atoms with Gasteiger partial charge in [-0.25, -0.2) is 4.39 Å². The van der Waals surface area contributed by atoms with Crippen LogP contribution in [-0.4, -0.2) is 43.7 Å². The standard InChI is InChI=1S/C23H25FN2O3/c1-16-2-7-20-18(15-29-22(20)12-16)13-23(27)25-14-21(26-8-10-28-11-9-26)17-3-5-19(24)6-4-17/h2-7,12,15,21H,8-11,13-14H2,1H3,(H,25,27). The zero-order valence-electron chi connectivity index (χ0n) is 16.5. The van der Waals surface area contributed by atoms with Gasteiger partial charge in [0.2, 0.25) is 5.91 Å². The number of rotatable bonds is 6. The molecule has 152 valence electrons. The Kier molecular flexibility index (Phi) is 5.92. The van der Waals surface area contributed by atoms with Crippen LogP contribution in [0.25, 0.3) is 11.0 Å². The van der Waals surface area contributed by atoms with Gasteiger partial charge >= 0.3 is 0 Å². The highest BCUT2D eigenvalue weighted by atomic mass is 19.1. The van der Waals surface area contributed by atoms with Crippen LogP contribution in [0.3, 0.4) is 0 Å². The van der Waals surface area contributed by atoms with Gasteiger partial charge in [0.05, 0.1) is 31.9 Å². The van der Waals surface area contributed by atoms with E-state index < -0.39 is 0 Å². The SMILES string of the molecule is Cc1ccc2c(CC(=O)NCC(c3ccc(F)cc3)N3CCOCC3)coc2c1. The number of nitrogens with one attached hydrogen (secondary N) is 1. The molecule has 0 spiro atoms. The molecule has 1 fully saturated rings. The van der Waals surface area contributed by atoms with Gasteiger partial charge in [-0.15, -0.1) is 0 Å². The van der Waals surface area contributed by atoms with E-state index in [-0.39, 0.29) is 24.2 Å². The van der Waals surface area contributed by atoms with Crippen molar-refractivity contribution in [3.05, 3.63) is 71.2 Å². The fourth-order valence-corrected chi connectivity index (χ4v) is 3.81. The number of hydrogen-bond acceptors (Lipinski definition) is 4. The van der Waals surface area contributed by atoms with E-state index in [2.05, 4.69) is 10.2 Å². The van der Waals surface area contributed by atoms with Crippen LogP contribution in [0.4, 0.5) is 4.39 Å². The van der Waals surface area contributed by atoms with Crippen LogP contribution in [0.15, 0.2) is 53.1 Å². The number of aryl methyl sites for hydroxylation is 1. The Hall–Kier alpha value is -2.70. The molecule has 0 saturated carbocycles. The topological polar surface area (TPSA) is 54.7 Å². The second-order valence-corrected chi connectivity index (χ2v) is 7.46. The zero-order chi connectivity index (χ0) is 20.2. The zero-order valence-corrected chi connectivity index (χ0v) is 16.5. The molecule has 4 rings (SSSR count). The molecular formula is C23H25FN2O3. The lowest BCUT2D eigenvalue weighted by Gasteiger charge is -2.35. The number of morpholine rings is 1. The van der Waals surface area contributed by atoms with Gasteiger partial charge in [0.1, 0.15) is 11.4 Å². The second kappa shape index (κ2) is 8.76. The molecular weight excluding hydrogens is 371 g/mol. The fourth-order valence-electron chi connectivity index (χ4n) is 3.81. The molecule has 1 unspecified atom stereocenters. The van der Waals surface area contributed by atoms with Crippen molar-refractivity contribution in [1.29, 1.82) is 0 Å². The molecule has 1 aromatic heterocycles. The quantitative estimate of drug-likeness (QED) is 0.692. The maximum Gasteiger partial charge on any atom is 0.224 e. The Morgan fingerprint density at radius 2 is 1.93 bits per heavy atom. The van der Waals surface area contributed by atoms with Crippen molar-refractivity contribution in [3.8, 4) is 0 Å². The van der Waals surface area contributed by atoms with Crippen LogP contribution in [0.5, 0.6) is 0 Å². The molecule has 1 N–H and O–H groups in total. The minimum absolute atomic E-state index is 0.0211. The first kappa shape index (κ1) is 19.6. The number of benzene rings is 2. The van der Waals surface area contributed by atoms with Gasteiger partial charge < -0.3 is 14.5 Å². The lowest BCUT2D eigenvalue weighted by atomic mass is 10.0. The predicted molar refractivity (Wildman–Crippen MR) is 109 cm³/mol. The maximum absolute atomic E-state index is 13.4. The third-order valence-electron chi connectivity index (χ3n) is 5.40. The summed E-state index contributed by atoms with van der Waals surface area (Å²) in [5, 5.41) is 4.02. The third-order valence-corrected chi connectivity index (χ3v) is 5.40. The average molecular weight is 396 g/mol. The lowest BCUT2D eigenvalue weighted by Crippen LogP contribution is -2.44. The molecule has 3 aromatic rings.